The van der Waals surface area contributed by atoms with Gasteiger partial charge in [-0.1, -0.05) is 25.7 Å². The van der Waals surface area contributed by atoms with Gasteiger partial charge in [0, 0.05) is 5.92 Å². The Labute approximate surface area is 69.9 Å². The van der Waals surface area contributed by atoms with Crippen molar-refractivity contribution in [2.45, 2.75) is 40.2 Å². The topological polar surface area (TPSA) is 12.4 Å². The van der Waals surface area contributed by atoms with Crippen molar-refractivity contribution in [3.05, 3.63) is 0 Å². The third-order valence-corrected chi connectivity index (χ3v) is 0.888. The van der Waals surface area contributed by atoms with Gasteiger partial charge in [-0.3, -0.25) is 4.99 Å². The van der Waals surface area contributed by atoms with Gasteiger partial charge in [-0.05, 0) is 20.8 Å². The third kappa shape index (κ3) is 9.23. The summed E-state index contributed by atoms with van der Waals surface area (Å²) in [6, 6.07) is 0. The molecule has 0 aliphatic heterocycles. The maximum atomic E-state index is 4.23. The van der Waals surface area contributed by atoms with Gasteiger partial charge in [-0.15, -0.1) is 0 Å². The van der Waals surface area contributed by atoms with E-state index in [1.165, 1.54) is 0 Å². The summed E-state index contributed by atoms with van der Waals surface area (Å²) in [4.78, 5) is 4.23. The molecular weight excluding hydrogens is 134 g/mol. The quantitative estimate of drug-likeness (QED) is 0.372. The van der Waals surface area contributed by atoms with E-state index < -0.39 is 0 Å². The van der Waals surface area contributed by atoms with Gasteiger partial charge >= 0.3 is 0 Å². The zero-order valence-corrected chi connectivity index (χ0v) is 8.10. The van der Waals surface area contributed by atoms with Crippen molar-refractivity contribution in [2.24, 2.45) is 10.9 Å². The van der Waals surface area contributed by atoms with Gasteiger partial charge in [-0.25, -0.2) is 0 Å². The zero-order chi connectivity index (χ0) is 8.91. The predicted octanol–water partition coefficient (Wildman–Crippen LogP) is 2.52. The number of hydrogen-bond donors (Lipinski definition) is 0. The van der Waals surface area contributed by atoms with Crippen LogP contribution in [0.15, 0.2) is 4.99 Å². The van der Waals surface area contributed by atoms with Gasteiger partial charge in [0.15, 0.2) is 0 Å². The lowest BCUT2D eigenvalue weighted by Gasteiger charge is -2.08. The van der Waals surface area contributed by atoms with Crippen molar-refractivity contribution in [2.75, 3.05) is 0 Å². The van der Waals surface area contributed by atoms with Crippen LogP contribution < -0.4 is 0 Å². The van der Waals surface area contributed by atoms with Crippen molar-refractivity contribution < 1.29 is 0 Å². The van der Waals surface area contributed by atoms with Crippen LogP contribution in [0.1, 0.15) is 34.6 Å². The first-order valence-corrected chi connectivity index (χ1v) is 3.96. The zero-order valence-electron chi connectivity index (χ0n) is 8.10. The first-order chi connectivity index (χ1) is 4.92. The molecule has 0 bridgehead atoms. The molecule has 1 heteroatoms. The maximum absolute atomic E-state index is 4.23. The van der Waals surface area contributed by atoms with Gasteiger partial charge in [0.25, 0.3) is 0 Å². The van der Waals surface area contributed by atoms with Crippen LogP contribution in [0.5, 0.6) is 0 Å². The number of rotatable bonds is 0. The lowest BCUT2D eigenvalue weighted by molar-refractivity contribution is 0.587. The molecular formula is C10H17N. The molecule has 0 N–H and O–H groups in total. The van der Waals surface area contributed by atoms with Crippen molar-refractivity contribution in [3.8, 4) is 11.8 Å². The fraction of sp³-hybridized carbons (Fsp3) is 0.700. The molecule has 1 nitrogen and oxygen atoms in total. The van der Waals surface area contributed by atoms with Crippen LogP contribution >= 0.6 is 0 Å². The minimum absolute atomic E-state index is 0.00561. The van der Waals surface area contributed by atoms with Gasteiger partial charge in [0.05, 0.1) is 11.8 Å². The van der Waals surface area contributed by atoms with Crippen molar-refractivity contribution in [1.82, 2.24) is 0 Å². The Hall–Kier alpha value is -0.770. The molecule has 0 fully saturated rings. The van der Waals surface area contributed by atoms with Crippen LogP contribution in [0.25, 0.3) is 0 Å². The third-order valence-electron chi connectivity index (χ3n) is 0.888. The summed E-state index contributed by atoms with van der Waals surface area (Å²) < 4.78 is 0. The van der Waals surface area contributed by atoms with Gasteiger partial charge in [0.1, 0.15) is 0 Å². The Morgan fingerprint density at radius 3 is 2.18 bits per heavy atom. The average Bonchev–Trinajstić information content (AvgIpc) is 1.78. The molecule has 0 radical (unpaired) electrons. The van der Waals surface area contributed by atoms with E-state index in [4.69, 9.17) is 0 Å². The maximum Gasteiger partial charge on any atom is 0.0717 e. The lowest BCUT2D eigenvalue weighted by atomic mass is 10.1. The first-order valence-electron chi connectivity index (χ1n) is 3.96. The summed E-state index contributed by atoms with van der Waals surface area (Å²) in [5.74, 6) is 6.35. The Kier molecular flexibility index (Phi) is 3.89. The highest BCUT2D eigenvalue weighted by Gasteiger charge is 2.03. The smallest absolute Gasteiger partial charge is 0.0717 e. The Balaban J connectivity index is 3.90. The molecule has 0 atom stereocenters. The summed E-state index contributed by atoms with van der Waals surface area (Å²) in [7, 11) is 0. The SMILES string of the molecule is CC(C)C#CC=NC(C)(C)C. The molecule has 0 unspecified atom stereocenters. The highest BCUT2D eigenvalue weighted by Crippen LogP contribution is 2.03. The second kappa shape index (κ2) is 4.18. The van der Waals surface area contributed by atoms with Crippen molar-refractivity contribution >= 4 is 6.21 Å². The van der Waals surface area contributed by atoms with E-state index in [9.17, 15) is 0 Å². The molecule has 0 saturated carbocycles. The van der Waals surface area contributed by atoms with E-state index in [1.807, 2.05) is 0 Å². The summed E-state index contributed by atoms with van der Waals surface area (Å²) in [5.41, 5.74) is 0.00561. The molecule has 0 aromatic carbocycles. The number of hydrogen-bond acceptors (Lipinski definition) is 1. The molecule has 11 heavy (non-hydrogen) atoms. The van der Waals surface area contributed by atoms with Crippen LogP contribution in [0.3, 0.4) is 0 Å². The predicted molar refractivity (Wildman–Crippen MR) is 50.9 cm³/mol. The van der Waals surface area contributed by atoms with E-state index in [2.05, 4.69) is 51.5 Å². The van der Waals surface area contributed by atoms with Crippen LogP contribution in [0, 0.1) is 17.8 Å². The number of aliphatic imine (C=N–C) groups is 1. The summed E-state index contributed by atoms with van der Waals surface area (Å²) >= 11 is 0. The van der Waals surface area contributed by atoms with Crippen LogP contribution in [-0.4, -0.2) is 11.8 Å². The van der Waals surface area contributed by atoms with Crippen LogP contribution in [0.4, 0.5) is 0 Å². The summed E-state index contributed by atoms with van der Waals surface area (Å²) in [5, 5.41) is 0. The molecule has 0 aromatic rings. The Morgan fingerprint density at radius 2 is 1.82 bits per heavy atom. The molecule has 0 rings (SSSR count). The molecule has 0 saturated heterocycles. The molecule has 0 heterocycles. The standard InChI is InChI=1S/C10H17N/c1-9(2)7-6-8-11-10(3,4)5/h8-9H,1-5H3. The molecule has 62 valence electrons. The van der Waals surface area contributed by atoms with E-state index in [0.29, 0.717) is 5.92 Å². The molecule has 0 amide bonds. The average molecular weight is 151 g/mol. The first kappa shape index (κ1) is 10.2. The molecule has 0 aliphatic carbocycles. The fourth-order valence-corrected chi connectivity index (χ4v) is 0.430. The van der Waals surface area contributed by atoms with Crippen LogP contribution in [0.2, 0.25) is 0 Å². The minimum Gasteiger partial charge on any atom is -0.278 e. The molecule has 0 spiro atoms. The fourth-order valence-electron chi connectivity index (χ4n) is 0.430. The largest absolute Gasteiger partial charge is 0.278 e. The van der Waals surface area contributed by atoms with Crippen molar-refractivity contribution in [3.63, 3.8) is 0 Å². The minimum atomic E-state index is 0.00561. The van der Waals surface area contributed by atoms with Gasteiger partial charge in [0.2, 0.25) is 0 Å². The van der Waals surface area contributed by atoms with Gasteiger partial charge < -0.3 is 0 Å². The highest BCUT2D eigenvalue weighted by molar-refractivity contribution is 5.78. The molecule has 0 aliphatic rings. The normalized spacial score (nSPS) is 11.8. The number of nitrogens with zero attached hydrogens (tertiary/aromatic N) is 1. The summed E-state index contributed by atoms with van der Waals surface area (Å²) in [6.07, 6.45) is 1.69. The second-order valence-electron chi connectivity index (χ2n) is 3.87. The van der Waals surface area contributed by atoms with E-state index in [1.54, 1.807) is 6.21 Å². The Bertz CT molecular complexity index is 183. The van der Waals surface area contributed by atoms with Crippen LogP contribution in [-0.2, 0) is 0 Å². The van der Waals surface area contributed by atoms with E-state index >= 15 is 0 Å². The lowest BCUT2D eigenvalue weighted by Crippen LogP contribution is -2.08. The van der Waals surface area contributed by atoms with E-state index in [-0.39, 0.29) is 5.54 Å². The van der Waals surface area contributed by atoms with Gasteiger partial charge in [-0.2, -0.15) is 0 Å². The highest BCUT2D eigenvalue weighted by atomic mass is 14.8. The second-order valence-corrected chi connectivity index (χ2v) is 3.87. The van der Waals surface area contributed by atoms with Crippen molar-refractivity contribution in [1.29, 1.82) is 0 Å². The summed E-state index contributed by atoms with van der Waals surface area (Å²) in [6.45, 7) is 10.3. The monoisotopic (exact) mass is 151 g/mol. The Morgan fingerprint density at radius 1 is 1.27 bits per heavy atom. The molecule has 0 aromatic heterocycles. The van der Waals surface area contributed by atoms with E-state index in [0.717, 1.165) is 0 Å².